The molecule has 1 amide bonds. The van der Waals surface area contributed by atoms with E-state index in [0.717, 1.165) is 24.5 Å². The maximum Gasteiger partial charge on any atom is 0.227 e. The lowest BCUT2D eigenvalue weighted by molar-refractivity contribution is -0.116. The van der Waals surface area contributed by atoms with Crippen LogP contribution in [0.1, 0.15) is 60.5 Å². The Balaban J connectivity index is 1.30. The maximum atomic E-state index is 12.2. The van der Waals surface area contributed by atoms with Crippen molar-refractivity contribution >= 4 is 33.7 Å². The Hall–Kier alpha value is -1.38. The molecule has 2 fully saturated rings. The molecule has 0 bridgehead atoms. The predicted molar refractivity (Wildman–Crippen MR) is 95.4 cm³/mol. The number of carbonyl (C=O) groups is 1. The summed E-state index contributed by atoms with van der Waals surface area (Å²) in [6.45, 7) is 1.81. The molecule has 4 rings (SSSR count). The fourth-order valence-corrected chi connectivity index (χ4v) is 4.88. The van der Waals surface area contributed by atoms with Gasteiger partial charge in [-0.2, -0.15) is 0 Å². The van der Waals surface area contributed by atoms with Crippen LogP contribution in [0.15, 0.2) is 11.6 Å². The summed E-state index contributed by atoms with van der Waals surface area (Å²) >= 11 is 3.23. The van der Waals surface area contributed by atoms with Crippen molar-refractivity contribution < 1.29 is 4.79 Å². The molecule has 0 spiro atoms. The van der Waals surface area contributed by atoms with Gasteiger partial charge in [0.1, 0.15) is 10.0 Å². The van der Waals surface area contributed by atoms with E-state index in [1.165, 1.54) is 42.0 Å². The van der Waals surface area contributed by atoms with Gasteiger partial charge in [0.25, 0.3) is 0 Å². The molecule has 0 unspecified atom stereocenters. The Kier molecular flexibility index (Phi) is 4.86. The van der Waals surface area contributed by atoms with E-state index in [1.807, 2.05) is 11.6 Å². The minimum absolute atomic E-state index is 0.0250. The third-order valence-corrected chi connectivity index (χ3v) is 6.47. The van der Waals surface area contributed by atoms with Crippen LogP contribution in [0.25, 0.3) is 0 Å². The van der Waals surface area contributed by atoms with E-state index in [-0.39, 0.29) is 5.91 Å². The van der Waals surface area contributed by atoms with Crippen LogP contribution in [0.4, 0.5) is 5.13 Å². The van der Waals surface area contributed by atoms with Crippen LogP contribution in [-0.4, -0.2) is 39.1 Å². The van der Waals surface area contributed by atoms with E-state index in [0.29, 0.717) is 23.5 Å². The van der Waals surface area contributed by atoms with E-state index >= 15 is 0 Å². The Bertz CT molecular complexity index is 682. The van der Waals surface area contributed by atoms with Gasteiger partial charge in [-0.05, 0) is 32.2 Å². The Morgan fingerprint density at radius 1 is 1.25 bits per heavy atom. The molecule has 8 heteroatoms. The van der Waals surface area contributed by atoms with Gasteiger partial charge < -0.3 is 5.32 Å². The number of thiazole rings is 1. The first kappa shape index (κ1) is 16.1. The third-order valence-electron chi connectivity index (χ3n) is 4.59. The molecule has 1 aliphatic heterocycles. The number of rotatable bonds is 6. The van der Waals surface area contributed by atoms with Crippen LogP contribution >= 0.6 is 22.7 Å². The van der Waals surface area contributed by atoms with E-state index in [1.54, 1.807) is 11.3 Å². The smallest absolute Gasteiger partial charge is 0.227 e. The zero-order valence-electron chi connectivity index (χ0n) is 13.5. The summed E-state index contributed by atoms with van der Waals surface area (Å²) in [5.74, 6) is 0.609. The summed E-state index contributed by atoms with van der Waals surface area (Å²) in [6, 6.07) is 0.370. The van der Waals surface area contributed by atoms with E-state index in [2.05, 4.69) is 25.4 Å². The Morgan fingerprint density at radius 3 is 2.96 bits per heavy atom. The van der Waals surface area contributed by atoms with Gasteiger partial charge in [-0.25, -0.2) is 4.98 Å². The molecule has 0 radical (unpaired) electrons. The maximum absolute atomic E-state index is 12.2. The molecule has 1 saturated carbocycles. The van der Waals surface area contributed by atoms with Gasteiger partial charge in [-0.3, -0.25) is 9.69 Å². The first-order valence-electron chi connectivity index (χ1n) is 8.56. The Labute approximate surface area is 149 Å². The molecule has 2 aromatic heterocycles. The molecular weight excluding hydrogens is 342 g/mol. The van der Waals surface area contributed by atoms with Crippen molar-refractivity contribution in [2.24, 2.45) is 0 Å². The number of piperidine rings is 1. The number of nitrogens with one attached hydrogen (secondary N) is 1. The van der Waals surface area contributed by atoms with Crippen LogP contribution in [0.5, 0.6) is 0 Å². The van der Waals surface area contributed by atoms with Crippen LogP contribution < -0.4 is 5.32 Å². The van der Waals surface area contributed by atoms with Crippen molar-refractivity contribution in [3.05, 3.63) is 21.6 Å². The molecule has 24 heavy (non-hydrogen) atoms. The van der Waals surface area contributed by atoms with Crippen molar-refractivity contribution in [3.63, 3.8) is 0 Å². The topological polar surface area (TPSA) is 71.0 Å². The molecule has 1 N–H and O–H groups in total. The van der Waals surface area contributed by atoms with E-state index < -0.39 is 0 Å². The highest BCUT2D eigenvalue weighted by Gasteiger charge is 2.28. The summed E-state index contributed by atoms with van der Waals surface area (Å²) < 4.78 is 0. The summed E-state index contributed by atoms with van der Waals surface area (Å²) in [4.78, 5) is 19.1. The van der Waals surface area contributed by atoms with Crippen LogP contribution in [0.2, 0.25) is 0 Å². The number of nitrogens with zero attached hydrogens (tertiary/aromatic N) is 4. The molecule has 1 saturated heterocycles. The fourth-order valence-electron chi connectivity index (χ4n) is 3.14. The molecule has 6 nitrogen and oxygen atoms in total. The molecule has 0 aromatic carbocycles. The summed E-state index contributed by atoms with van der Waals surface area (Å²) in [5, 5.41) is 16.0. The zero-order chi connectivity index (χ0) is 16.4. The molecule has 3 heterocycles. The highest BCUT2D eigenvalue weighted by molar-refractivity contribution is 7.15. The highest BCUT2D eigenvalue weighted by atomic mass is 32.1. The number of hydrogen-bond donors (Lipinski definition) is 1. The van der Waals surface area contributed by atoms with Crippen molar-refractivity contribution in [1.29, 1.82) is 0 Å². The lowest BCUT2D eigenvalue weighted by atomic mass is 10.0. The van der Waals surface area contributed by atoms with Crippen molar-refractivity contribution in [1.82, 2.24) is 20.1 Å². The van der Waals surface area contributed by atoms with Crippen molar-refractivity contribution in [2.75, 3.05) is 18.4 Å². The second-order valence-electron chi connectivity index (χ2n) is 6.44. The van der Waals surface area contributed by atoms with Crippen molar-refractivity contribution in [2.45, 2.75) is 50.5 Å². The van der Waals surface area contributed by atoms with Gasteiger partial charge in [0.15, 0.2) is 0 Å². The summed E-state index contributed by atoms with van der Waals surface area (Å²) in [5.41, 5.74) is 0. The number of hydrogen-bond acceptors (Lipinski definition) is 7. The largest absolute Gasteiger partial charge is 0.300 e. The molecular formula is C16H21N5OS2. The highest BCUT2D eigenvalue weighted by Crippen LogP contribution is 2.42. The first-order valence-corrected chi connectivity index (χ1v) is 10.3. The van der Waals surface area contributed by atoms with Gasteiger partial charge in [-0.1, -0.05) is 17.8 Å². The number of carbonyl (C=O) groups excluding carboxylic acids is 1. The van der Waals surface area contributed by atoms with Gasteiger partial charge in [0, 0.05) is 30.5 Å². The minimum atomic E-state index is 0.0250. The first-order chi connectivity index (χ1) is 11.8. The molecule has 1 atom stereocenters. The Morgan fingerprint density at radius 2 is 2.17 bits per heavy atom. The number of anilines is 1. The summed E-state index contributed by atoms with van der Waals surface area (Å²) in [7, 11) is 0. The second-order valence-corrected chi connectivity index (χ2v) is 8.37. The average molecular weight is 364 g/mol. The van der Waals surface area contributed by atoms with Gasteiger partial charge >= 0.3 is 0 Å². The van der Waals surface area contributed by atoms with Gasteiger partial charge in [0.05, 0.1) is 6.04 Å². The van der Waals surface area contributed by atoms with Crippen molar-refractivity contribution in [3.8, 4) is 0 Å². The fraction of sp³-hybridized carbons (Fsp3) is 0.625. The molecule has 1 aliphatic carbocycles. The van der Waals surface area contributed by atoms with Crippen LogP contribution in [0, 0.1) is 0 Å². The number of aromatic nitrogens is 3. The molecule has 2 aromatic rings. The lowest BCUT2D eigenvalue weighted by Crippen LogP contribution is -2.35. The normalized spacial score (nSPS) is 21.8. The molecule has 128 valence electrons. The summed E-state index contributed by atoms with van der Waals surface area (Å²) in [6.07, 6.45) is 8.33. The number of likely N-dealkylation sites (tertiary alicyclic amines) is 1. The minimum Gasteiger partial charge on any atom is -0.300 e. The zero-order valence-corrected chi connectivity index (χ0v) is 15.1. The second kappa shape index (κ2) is 7.25. The standard InChI is InChI=1S/C16H21N5OS2/c22-13(18-16-20-19-14(24-16)11-4-5-11)6-9-21-8-2-1-3-12(21)15-17-7-10-23-15/h7,10-12H,1-6,8-9H2,(H,18,20,22)/t12-/m0/s1. The number of amides is 1. The van der Waals surface area contributed by atoms with E-state index in [9.17, 15) is 4.79 Å². The molecule has 2 aliphatic rings. The monoisotopic (exact) mass is 363 g/mol. The van der Waals surface area contributed by atoms with Gasteiger partial charge in [0.2, 0.25) is 11.0 Å². The predicted octanol–water partition coefficient (Wildman–Crippen LogP) is 3.43. The van der Waals surface area contributed by atoms with Crippen LogP contribution in [0.3, 0.4) is 0 Å². The van der Waals surface area contributed by atoms with Crippen LogP contribution in [-0.2, 0) is 4.79 Å². The van der Waals surface area contributed by atoms with Gasteiger partial charge in [-0.15, -0.1) is 21.5 Å². The lowest BCUT2D eigenvalue weighted by Gasteiger charge is -2.34. The average Bonchev–Trinajstić information content (AvgIpc) is 3.10. The third kappa shape index (κ3) is 3.81. The quantitative estimate of drug-likeness (QED) is 0.851. The SMILES string of the molecule is O=C(CCN1CCCC[C@H]1c1nccs1)Nc1nnc(C2CC2)s1. The van der Waals surface area contributed by atoms with E-state index in [4.69, 9.17) is 0 Å².